The molecule has 2 aromatic rings. The van der Waals surface area contributed by atoms with Gasteiger partial charge in [-0.25, -0.2) is 4.98 Å². The SMILES string of the molecule is O=C(NCCc1cscn1)[C@@H]1COc2ccccc2C1. The molecule has 1 amide bonds. The summed E-state index contributed by atoms with van der Waals surface area (Å²) in [5, 5.41) is 4.97. The number of ether oxygens (including phenoxy) is 1. The number of carbonyl (C=O) groups excluding carboxylic acids is 1. The zero-order valence-corrected chi connectivity index (χ0v) is 11.9. The fourth-order valence-electron chi connectivity index (χ4n) is 2.32. The summed E-state index contributed by atoms with van der Waals surface area (Å²) in [4.78, 5) is 16.3. The molecule has 0 spiro atoms. The average molecular weight is 288 g/mol. The predicted molar refractivity (Wildman–Crippen MR) is 78.0 cm³/mol. The standard InChI is InChI=1S/C15H16N2O2S/c18-15(16-6-5-13-9-20-10-17-13)12-7-11-3-1-2-4-14(11)19-8-12/h1-4,9-10,12H,5-8H2,(H,16,18)/t12-/m0/s1. The third-order valence-corrected chi connectivity index (χ3v) is 4.05. The Balaban J connectivity index is 1.51. The quantitative estimate of drug-likeness (QED) is 0.937. The van der Waals surface area contributed by atoms with Gasteiger partial charge in [0.1, 0.15) is 12.4 Å². The van der Waals surface area contributed by atoms with Crippen molar-refractivity contribution in [2.75, 3.05) is 13.2 Å². The van der Waals surface area contributed by atoms with Crippen molar-refractivity contribution in [3.63, 3.8) is 0 Å². The lowest BCUT2D eigenvalue weighted by Crippen LogP contribution is -2.38. The summed E-state index contributed by atoms with van der Waals surface area (Å²) in [5.41, 5.74) is 3.95. The summed E-state index contributed by atoms with van der Waals surface area (Å²) >= 11 is 1.57. The van der Waals surface area contributed by atoms with Crippen LogP contribution in [0.15, 0.2) is 35.2 Å². The molecule has 1 N–H and O–H groups in total. The first-order chi connectivity index (χ1) is 9.83. The molecule has 20 heavy (non-hydrogen) atoms. The van der Waals surface area contributed by atoms with Crippen LogP contribution in [-0.2, 0) is 17.6 Å². The van der Waals surface area contributed by atoms with E-state index in [-0.39, 0.29) is 11.8 Å². The van der Waals surface area contributed by atoms with Gasteiger partial charge < -0.3 is 10.1 Å². The van der Waals surface area contributed by atoms with Crippen molar-refractivity contribution in [2.45, 2.75) is 12.8 Å². The maximum Gasteiger partial charge on any atom is 0.226 e. The van der Waals surface area contributed by atoms with Gasteiger partial charge >= 0.3 is 0 Å². The van der Waals surface area contributed by atoms with E-state index in [0.717, 1.165) is 29.8 Å². The first-order valence-corrected chi connectivity index (χ1v) is 7.62. The molecular weight excluding hydrogens is 272 g/mol. The van der Waals surface area contributed by atoms with E-state index >= 15 is 0 Å². The molecule has 1 aliphatic rings. The van der Waals surface area contributed by atoms with Crippen LogP contribution in [0.25, 0.3) is 0 Å². The van der Waals surface area contributed by atoms with Gasteiger partial charge in [0.15, 0.2) is 0 Å². The molecule has 1 atom stereocenters. The lowest BCUT2D eigenvalue weighted by atomic mass is 9.96. The lowest BCUT2D eigenvalue weighted by molar-refractivity contribution is -0.126. The highest BCUT2D eigenvalue weighted by atomic mass is 32.1. The highest BCUT2D eigenvalue weighted by molar-refractivity contribution is 7.07. The minimum absolute atomic E-state index is 0.0646. The van der Waals surface area contributed by atoms with Crippen LogP contribution in [0.5, 0.6) is 5.75 Å². The van der Waals surface area contributed by atoms with Crippen molar-refractivity contribution in [3.8, 4) is 5.75 Å². The summed E-state index contributed by atoms with van der Waals surface area (Å²) in [6.45, 7) is 1.08. The fourth-order valence-corrected chi connectivity index (χ4v) is 2.91. The molecule has 1 aromatic carbocycles. The van der Waals surface area contributed by atoms with Gasteiger partial charge in [-0.2, -0.15) is 0 Å². The smallest absolute Gasteiger partial charge is 0.226 e. The number of nitrogens with one attached hydrogen (secondary N) is 1. The van der Waals surface area contributed by atoms with E-state index in [1.807, 2.05) is 35.2 Å². The predicted octanol–water partition coefficient (Wildman–Crippen LogP) is 2.05. The lowest BCUT2D eigenvalue weighted by Gasteiger charge is -2.24. The van der Waals surface area contributed by atoms with Gasteiger partial charge in [0.25, 0.3) is 0 Å². The fraction of sp³-hybridized carbons (Fsp3) is 0.333. The zero-order chi connectivity index (χ0) is 13.8. The van der Waals surface area contributed by atoms with Crippen LogP contribution in [0.3, 0.4) is 0 Å². The van der Waals surface area contributed by atoms with Crippen molar-refractivity contribution in [3.05, 3.63) is 46.4 Å². The Hall–Kier alpha value is -1.88. The number of para-hydroxylation sites is 1. The highest BCUT2D eigenvalue weighted by Crippen LogP contribution is 2.26. The van der Waals surface area contributed by atoms with Crippen molar-refractivity contribution in [1.29, 1.82) is 0 Å². The minimum atomic E-state index is -0.0969. The third-order valence-electron chi connectivity index (χ3n) is 3.41. The monoisotopic (exact) mass is 288 g/mol. The number of fused-ring (bicyclic) bond motifs is 1. The molecule has 1 aliphatic heterocycles. The first-order valence-electron chi connectivity index (χ1n) is 6.68. The Morgan fingerprint density at radius 2 is 2.35 bits per heavy atom. The van der Waals surface area contributed by atoms with Crippen molar-refractivity contribution >= 4 is 17.2 Å². The average Bonchev–Trinajstić information content (AvgIpc) is 3.00. The number of thiazole rings is 1. The summed E-state index contributed by atoms with van der Waals surface area (Å²) in [6.07, 6.45) is 1.53. The Morgan fingerprint density at radius 3 is 3.20 bits per heavy atom. The van der Waals surface area contributed by atoms with Crippen LogP contribution in [0, 0.1) is 5.92 Å². The van der Waals surface area contributed by atoms with Gasteiger partial charge in [-0.15, -0.1) is 11.3 Å². The van der Waals surface area contributed by atoms with Crippen LogP contribution < -0.4 is 10.1 Å². The molecule has 0 aliphatic carbocycles. The second-order valence-electron chi connectivity index (χ2n) is 4.84. The maximum atomic E-state index is 12.1. The van der Waals surface area contributed by atoms with E-state index in [1.54, 1.807) is 11.3 Å². The summed E-state index contributed by atoms with van der Waals surface area (Å²) < 4.78 is 5.64. The third kappa shape index (κ3) is 2.99. The molecule has 0 radical (unpaired) electrons. The Morgan fingerprint density at radius 1 is 1.45 bits per heavy atom. The van der Waals surface area contributed by atoms with Crippen LogP contribution >= 0.6 is 11.3 Å². The van der Waals surface area contributed by atoms with Gasteiger partial charge in [0.05, 0.1) is 17.1 Å². The van der Waals surface area contributed by atoms with E-state index < -0.39 is 0 Å². The molecule has 5 heteroatoms. The van der Waals surface area contributed by atoms with Crippen LogP contribution in [0.4, 0.5) is 0 Å². The number of hydrogen-bond donors (Lipinski definition) is 1. The van der Waals surface area contributed by atoms with Gasteiger partial charge in [-0.3, -0.25) is 4.79 Å². The number of benzene rings is 1. The van der Waals surface area contributed by atoms with Crippen LogP contribution in [0.1, 0.15) is 11.3 Å². The molecule has 104 valence electrons. The number of nitrogens with zero attached hydrogens (tertiary/aromatic N) is 1. The van der Waals surface area contributed by atoms with E-state index in [4.69, 9.17) is 4.74 Å². The van der Waals surface area contributed by atoms with Gasteiger partial charge in [0, 0.05) is 18.3 Å². The Labute approximate surface area is 121 Å². The molecule has 4 nitrogen and oxygen atoms in total. The van der Waals surface area contributed by atoms with Crippen LogP contribution in [-0.4, -0.2) is 24.0 Å². The second-order valence-corrected chi connectivity index (χ2v) is 5.56. The molecule has 2 heterocycles. The number of hydrogen-bond acceptors (Lipinski definition) is 4. The molecule has 0 saturated heterocycles. The molecule has 0 fully saturated rings. The molecular formula is C15H16N2O2S. The normalized spacial score (nSPS) is 17.1. The molecule has 0 bridgehead atoms. The van der Waals surface area contributed by atoms with E-state index in [1.165, 1.54) is 0 Å². The number of rotatable bonds is 4. The summed E-state index contributed by atoms with van der Waals surface area (Å²) in [6, 6.07) is 7.90. The van der Waals surface area contributed by atoms with Crippen LogP contribution in [0.2, 0.25) is 0 Å². The van der Waals surface area contributed by atoms with Gasteiger partial charge in [-0.05, 0) is 18.1 Å². The largest absolute Gasteiger partial charge is 0.492 e. The maximum absolute atomic E-state index is 12.1. The number of carbonyl (C=O) groups is 1. The van der Waals surface area contributed by atoms with E-state index in [0.29, 0.717) is 13.2 Å². The van der Waals surface area contributed by atoms with E-state index in [9.17, 15) is 4.79 Å². The summed E-state index contributed by atoms with van der Waals surface area (Å²) in [7, 11) is 0. The Kier molecular flexibility index (Phi) is 3.97. The first kappa shape index (κ1) is 13.1. The molecule has 0 unspecified atom stereocenters. The van der Waals surface area contributed by atoms with Crippen molar-refractivity contribution < 1.29 is 9.53 Å². The van der Waals surface area contributed by atoms with E-state index in [2.05, 4.69) is 10.3 Å². The topological polar surface area (TPSA) is 51.2 Å². The number of aromatic nitrogens is 1. The molecule has 0 saturated carbocycles. The summed E-state index contributed by atoms with van der Waals surface area (Å²) in [5.74, 6) is 0.870. The molecule has 3 rings (SSSR count). The van der Waals surface area contributed by atoms with Gasteiger partial charge in [-0.1, -0.05) is 18.2 Å². The van der Waals surface area contributed by atoms with Crippen molar-refractivity contribution in [1.82, 2.24) is 10.3 Å². The Bertz CT molecular complexity index is 583. The highest BCUT2D eigenvalue weighted by Gasteiger charge is 2.25. The molecule has 1 aromatic heterocycles. The second kappa shape index (κ2) is 6.05. The zero-order valence-electron chi connectivity index (χ0n) is 11.0. The number of amides is 1. The van der Waals surface area contributed by atoms with Crippen molar-refractivity contribution in [2.24, 2.45) is 5.92 Å². The minimum Gasteiger partial charge on any atom is -0.492 e. The van der Waals surface area contributed by atoms with Gasteiger partial charge in [0.2, 0.25) is 5.91 Å².